The fourth-order valence-corrected chi connectivity index (χ4v) is 3.84. The molecule has 27 heavy (non-hydrogen) atoms. The molecule has 3 atom stereocenters. The van der Waals surface area contributed by atoms with Crippen molar-refractivity contribution >= 4 is 22.8 Å². The van der Waals surface area contributed by atoms with Crippen molar-refractivity contribution in [2.24, 2.45) is 0 Å². The van der Waals surface area contributed by atoms with Gasteiger partial charge in [0.25, 0.3) is 5.91 Å². The van der Waals surface area contributed by atoms with Crippen molar-refractivity contribution in [2.75, 3.05) is 7.11 Å². The second-order valence-corrected chi connectivity index (χ2v) is 7.31. The normalized spacial score (nSPS) is 21.1. The molecule has 1 saturated heterocycles. The van der Waals surface area contributed by atoms with Crippen LogP contribution in [0.5, 0.6) is 5.75 Å². The van der Waals surface area contributed by atoms with Crippen molar-refractivity contribution in [2.45, 2.75) is 64.6 Å². The van der Waals surface area contributed by atoms with Gasteiger partial charge in [0.1, 0.15) is 11.3 Å². The molecule has 146 valence electrons. The SMILES string of the molecule is COc1ccc2c(CC(=O)O[C@H](C)C(=O)N3[C@H](C)CCC[C@H]3C)coc2c1. The number of methoxy groups -OCH3 is 1. The molecule has 0 N–H and O–H groups in total. The van der Waals surface area contributed by atoms with E-state index in [9.17, 15) is 9.59 Å². The first kappa shape index (κ1) is 19.3. The lowest BCUT2D eigenvalue weighted by Crippen LogP contribution is -2.51. The summed E-state index contributed by atoms with van der Waals surface area (Å²) >= 11 is 0. The highest BCUT2D eigenvalue weighted by molar-refractivity contribution is 5.88. The summed E-state index contributed by atoms with van der Waals surface area (Å²) in [6.45, 7) is 5.74. The first-order chi connectivity index (χ1) is 12.9. The van der Waals surface area contributed by atoms with E-state index in [0.29, 0.717) is 11.3 Å². The highest BCUT2D eigenvalue weighted by atomic mass is 16.5. The van der Waals surface area contributed by atoms with E-state index in [1.807, 2.05) is 30.9 Å². The number of benzene rings is 1. The molecule has 0 aliphatic carbocycles. The first-order valence-corrected chi connectivity index (χ1v) is 9.46. The highest BCUT2D eigenvalue weighted by Gasteiger charge is 2.33. The van der Waals surface area contributed by atoms with E-state index < -0.39 is 12.1 Å². The van der Waals surface area contributed by atoms with E-state index in [0.717, 1.165) is 30.2 Å². The van der Waals surface area contributed by atoms with Gasteiger partial charge >= 0.3 is 5.97 Å². The Morgan fingerprint density at radius 2 is 1.96 bits per heavy atom. The summed E-state index contributed by atoms with van der Waals surface area (Å²) in [6, 6.07) is 5.80. The van der Waals surface area contributed by atoms with Crippen molar-refractivity contribution in [1.82, 2.24) is 4.90 Å². The molecule has 1 amide bonds. The zero-order chi connectivity index (χ0) is 19.6. The second kappa shape index (κ2) is 8.03. The van der Waals surface area contributed by atoms with Gasteiger partial charge in [-0.25, -0.2) is 0 Å². The average Bonchev–Trinajstić information content (AvgIpc) is 3.03. The van der Waals surface area contributed by atoms with Crippen LogP contribution < -0.4 is 4.74 Å². The summed E-state index contributed by atoms with van der Waals surface area (Å²) in [6.07, 6.45) is 3.91. The van der Waals surface area contributed by atoms with Crippen molar-refractivity contribution in [1.29, 1.82) is 0 Å². The van der Waals surface area contributed by atoms with Crippen LogP contribution in [0.2, 0.25) is 0 Å². The van der Waals surface area contributed by atoms with Crippen LogP contribution in [0, 0.1) is 0 Å². The third kappa shape index (κ3) is 4.10. The van der Waals surface area contributed by atoms with Gasteiger partial charge in [-0.3, -0.25) is 9.59 Å². The molecule has 0 unspecified atom stereocenters. The van der Waals surface area contributed by atoms with Gasteiger partial charge in [-0.1, -0.05) is 0 Å². The van der Waals surface area contributed by atoms with Crippen LogP contribution in [0.15, 0.2) is 28.9 Å². The Morgan fingerprint density at radius 1 is 1.26 bits per heavy atom. The Labute approximate surface area is 159 Å². The summed E-state index contributed by atoms with van der Waals surface area (Å²) in [5, 5.41) is 0.838. The van der Waals surface area contributed by atoms with Crippen LogP contribution in [-0.2, 0) is 20.7 Å². The molecular weight excluding hydrogens is 346 g/mol. The Kier molecular flexibility index (Phi) is 5.73. The molecule has 1 fully saturated rings. The molecule has 6 heteroatoms. The number of rotatable bonds is 5. The number of piperidine rings is 1. The van der Waals surface area contributed by atoms with E-state index in [1.54, 1.807) is 26.4 Å². The number of ether oxygens (including phenoxy) is 2. The van der Waals surface area contributed by atoms with Gasteiger partial charge in [-0.15, -0.1) is 0 Å². The predicted octanol–water partition coefficient (Wildman–Crippen LogP) is 3.71. The predicted molar refractivity (Wildman–Crippen MR) is 102 cm³/mol. The molecular formula is C21H27NO5. The molecule has 1 aromatic heterocycles. The molecule has 0 saturated carbocycles. The number of likely N-dealkylation sites (tertiary alicyclic amines) is 1. The zero-order valence-corrected chi connectivity index (χ0v) is 16.4. The number of furan rings is 1. The molecule has 3 rings (SSSR count). The van der Waals surface area contributed by atoms with Gasteiger partial charge in [0.15, 0.2) is 6.10 Å². The van der Waals surface area contributed by atoms with E-state index in [-0.39, 0.29) is 24.4 Å². The number of esters is 1. The maximum absolute atomic E-state index is 12.8. The lowest BCUT2D eigenvalue weighted by molar-refractivity contribution is -0.161. The van der Waals surface area contributed by atoms with Crippen LogP contribution in [0.25, 0.3) is 11.0 Å². The number of fused-ring (bicyclic) bond motifs is 1. The van der Waals surface area contributed by atoms with Gasteiger partial charge in [0.2, 0.25) is 0 Å². The third-order valence-corrected chi connectivity index (χ3v) is 5.30. The minimum Gasteiger partial charge on any atom is -0.497 e. The molecule has 6 nitrogen and oxygen atoms in total. The number of carbonyl (C=O) groups is 2. The maximum atomic E-state index is 12.8. The van der Waals surface area contributed by atoms with Gasteiger partial charge in [-0.2, -0.15) is 0 Å². The maximum Gasteiger partial charge on any atom is 0.311 e. The molecule has 1 aliphatic heterocycles. The lowest BCUT2D eigenvalue weighted by atomic mass is 9.97. The molecule has 2 heterocycles. The molecule has 2 aromatic rings. The molecule has 1 aromatic carbocycles. The Bertz CT molecular complexity index is 817. The summed E-state index contributed by atoms with van der Waals surface area (Å²) < 4.78 is 16.1. The van der Waals surface area contributed by atoms with Crippen LogP contribution in [-0.4, -0.2) is 42.1 Å². The summed E-state index contributed by atoms with van der Waals surface area (Å²) in [4.78, 5) is 27.0. The summed E-state index contributed by atoms with van der Waals surface area (Å²) in [5.41, 5.74) is 1.38. The van der Waals surface area contributed by atoms with Crippen molar-refractivity contribution < 1.29 is 23.5 Å². The summed E-state index contributed by atoms with van der Waals surface area (Å²) in [7, 11) is 1.59. The average molecular weight is 373 g/mol. The van der Waals surface area contributed by atoms with Crippen molar-refractivity contribution in [3.8, 4) is 5.75 Å². The van der Waals surface area contributed by atoms with Crippen LogP contribution in [0.4, 0.5) is 0 Å². The topological polar surface area (TPSA) is 69.0 Å². The monoisotopic (exact) mass is 373 g/mol. The number of hydrogen-bond acceptors (Lipinski definition) is 5. The third-order valence-electron chi connectivity index (χ3n) is 5.30. The fraction of sp³-hybridized carbons (Fsp3) is 0.524. The van der Waals surface area contributed by atoms with Gasteiger partial charge in [0, 0.05) is 29.1 Å². The number of hydrogen-bond donors (Lipinski definition) is 0. The van der Waals surface area contributed by atoms with Crippen molar-refractivity contribution in [3.63, 3.8) is 0 Å². The number of carbonyl (C=O) groups excluding carboxylic acids is 2. The number of amides is 1. The molecule has 0 radical (unpaired) electrons. The van der Waals surface area contributed by atoms with Crippen molar-refractivity contribution in [3.05, 3.63) is 30.0 Å². The van der Waals surface area contributed by atoms with Gasteiger partial charge < -0.3 is 18.8 Å². The number of nitrogens with zero attached hydrogens (tertiary/aromatic N) is 1. The van der Waals surface area contributed by atoms with E-state index in [1.165, 1.54) is 0 Å². The van der Waals surface area contributed by atoms with Crippen LogP contribution >= 0.6 is 0 Å². The molecule has 0 spiro atoms. The minimum absolute atomic E-state index is 0.0576. The molecule has 1 aliphatic rings. The van der Waals surface area contributed by atoms with E-state index in [2.05, 4.69) is 0 Å². The van der Waals surface area contributed by atoms with Gasteiger partial charge in [0.05, 0.1) is 19.8 Å². The highest BCUT2D eigenvalue weighted by Crippen LogP contribution is 2.27. The lowest BCUT2D eigenvalue weighted by Gasteiger charge is -2.40. The smallest absolute Gasteiger partial charge is 0.311 e. The van der Waals surface area contributed by atoms with E-state index >= 15 is 0 Å². The van der Waals surface area contributed by atoms with Crippen LogP contribution in [0.1, 0.15) is 45.6 Å². The van der Waals surface area contributed by atoms with E-state index in [4.69, 9.17) is 13.9 Å². The Morgan fingerprint density at radius 3 is 2.63 bits per heavy atom. The minimum atomic E-state index is -0.793. The van der Waals surface area contributed by atoms with Gasteiger partial charge in [-0.05, 0) is 52.2 Å². The summed E-state index contributed by atoms with van der Waals surface area (Å²) in [5.74, 6) is 0.131. The van der Waals surface area contributed by atoms with Crippen LogP contribution in [0.3, 0.4) is 0 Å². The standard InChI is InChI=1S/C21H27NO5/c1-13-6-5-7-14(2)22(13)21(24)15(3)27-20(23)10-16-12-26-19-11-17(25-4)8-9-18(16)19/h8-9,11-15H,5-7,10H2,1-4H3/t13-,14-,15-/m1/s1. The first-order valence-electron chi connectivity index (χ1n) is 9.46. The Hall–Kier alpha value is -2.50. The largest absolute Gasteiger partial charge is 0.497 e. The Balaban J connectivity index is 1.64. The molecule has 0 bridgehead atoms. The second-order valence-electron chi connectivity index (χ2n) is 7.31. The zero-order valence-electron chi connectivity index (χ0n) is 16.4. The quantitative estimate of drug-likeness (QED) is 0.748. The fourth-order valence-electron chi connectivity index (χ4n) is 3.84.